The van der Waals surface area contributed by atoms with Crippen LogP contribution in [0.3, 0.4) is 0 Å². The number of likely N-dealkylation sites (tertiary alicyclic amines) is 1. The van der Waals surface area contributed by atoms with Crippen molar-refractivity contribution in [2.45, 2.75) is 51.4 Å². The molecular formula is C16H26N2O4. The van der Waals surface area contributed by atoms with Gasteiger partial charge >= 0.3 is 5.97 Å². The summed E-state index contributed by atoms with van der Waals surface area (Å²) >= 11 is 0. The predicted molar refractivity (Wildman–Crippen MR) is 81.1 cm³/mol. The number of nitrogens with one attached hydrogen (secondary N) is 1. The lowest BCUT2D eigenvalue weighted by molar-refractivity contribution is -0.145. The SMILES string of the molecule is O=C(NCCC(=O)N1CCC[C@@H](C(=O)O)C1)C1CCCCC1. The lowest BCUT2D eigenvalue weighted by Gasteiger charge is -2.30. The zero-order valence-electron chi connectivity index (χ0n) is 13.1. The Morgan fingerprint density at radius 2 is 1.68 bits per heavy atom. The Morgan fingerprint density at radius 1 is 1.00 bits per heavy atom. The first-order valence-corrected chi connectivity index (χ1v) is 8.36. The number of rotatable bonds is 5. The van der Waals surface area contributed by atoms with Crippen LogP contribution in [0.2, 0.25) is 0 Å². The van der Waals surface area contributed by atoms with Gasteiger partial charge in [0.25, 0.3) is 0 Å². The maximum atomic E-state index is 12.1. The Bertz CT molecular complexity index is 418. The molecule has 0 spiro atoms. The van der Waals surface area contributed by atoms with E-state index in [1.165, 1.54) is 6.42 Å². The summed E-state index contributed by atoms with van der Waals surface area (Å²) in [5.74, 6) is -1.17. The third-order valence-corrected chi connectivity index (χ3v) is 4.74. The summed E-state index contributed by atoms with van der Waals surface area (Å²) in [5, 5.41) is 11.9. The van der Waals surface area contributed by atoms with Crippen LogP contribution in [-0.4, -0.2) is 47.4 Å². The Morgan fingerprint density at radius 3 is 2.36 bits per heavy atom. The van der Waals surface area contributed by atoms with E-state index in [0.29, 0.717) is 26.1 Å². The molecule has 0 radical (unpaired) electrons. The highest BCUT2D eigenvalue weighted by Crippen LogP contribution is 2.23. The van der Waals surface area contributed by atoms with Gasteiger partial charge in [-0.3, -0.25) is 14.4 Å². The highest BCUT2D eigenvalue weighted by Gasteiger charge is 2.28. The topological polar surface area (TPSA) is 86.7 Å². The molecule has 2 fully saturated rings. The minimum Gasteiger partial charge on any atom is -0.481 e. The fourth-order valence-corrected chi connectivity index (χ4v) is 3.37. The normalized spacial score (nSPS) is 23.1. The van der Waals surface area contributed by atoms with E-state index in [-0.39, 0.29) is 24.2 Å². The number of amides is 2. The van der Waals surface area contributed by atoms with Crippen LogP contribution in [0.5, 0.6) is 0 Å². The smallest absolute Gasteiger partial charge is 0.308 e. The van der Waals surface area contributed by atoms with Crippen molar-refractivity contribution in [3.05, 3.63) is 0 Å². The number of nitrogens with zero attached hydrogens (tertiary/aromatic N) is 1. The number of carbonyl (C=O) groups excluding carboxylic acids is 2. The van der Waals surface area contributed by atoms with Crippen LogP contribution >= 0.6 is 0 Å². The molecule has 2 rings (SSSR count). The van der Waals surface area contributed by atoms with Gasteiger partial charge in [-0.1, -0.05) is 19.3 Å². The minimum atomic E-state index is -0.830. The van der Waals surface area contributed by atoms with Crippen molar-refractivity contribution >= 4 is 17.8 Å². The van der Waals surface area contributed by atoms with E-state index in [1.54, 1.807) is 4.90 Å². The summed E-state index contributed by atoms with van der Waals surface area (Å²) in [4.78, 5) is 36.7. The molecule has 124 valence electrons. The first-order chi connectivity index (χ1) is 10.6. The van der Waals surface area contributed by atoms with Gasteiger partial charge in [-0.05, 0) is 25.7 Å². The van der Waals surface area contributed by atoms with Crippen molar-refractivity contribution < 1.29 is 19.5 Å². The van der Waals surface area contributed by atoms with Gasteiger partial charge in [-0.15, -0.1) is 0 Å². The number of aliphatic carboxylic acids is 1. The zero-order chi connectivity index (χ0) is 15.9. The van der Waals surface area contributed by atoms with Crippen molar-refractivity contribution in [3.63, 3.8) is 0 Å². The molecule has 2 amide bonds. The van der Waals surface area contributed by atoms with Crippen LogP contribution in [0.4, 0.5) is 0 Å². The number of carboxylic acid groups (broad SMARTS) is 1. The maximum Gasteiger partial charge on any atom is 0.308 e. The summed E-state index contributed by atoms with van der Waals surface area (Å²) in [6.07, 6.45) is 6.96. The Balaban J connectivity index is 1.68. The standard InChI is InChI=1S/C16H26N2O4/c19-14(18-10-4-7-13(11-18)16(21)22)8-9-17-15(20)12-5-2-1-3-6-12/h12-13H,1-11H2,(H,17,20)(H,21,22)/t13-/m1/s1. The van der Waals surface area contributed by atoms with Gasteiger partial charge < -0.3 is 15.3 Å². The molecular weight excluding hydrogens is 284 g/mol. The van der Waals surface area contributed by atoms with E-state index in [1.807, 2.05) is 0 Å². The summed E-state index contributed by atoms with van der Waals surface area (Å²) in [6, 6.07) is 0. The molecule has 0 aromatic rings. The number of piperidine rings is 1. The molecule has 0 aromatic heterocycles. The Kier molecular flexibility index (Phi) is 6.21. The predicted octanol–water partition coefficient (Wildman–Crippen LogP) is 1.40. The van der Waals surface area contributed by atoms with Crippen molar-refractivity contribution in [1.29, 1.82) is 0 Å². The number of carbonyl (C=O) groups is 3. The fraction of sp³-hybridized carbons (Fsp3) is 0.812. The third kappa shape index (κ3) is 4.71. The molecule has 0 unspecified atom stereocenters. The minimum absolute atomic E-state index is 0.0603. The van der Waals surface area contributed by atoms with Crippen molar-refractivity contribution in [2.75, 3.05) is 19.6 Å². The van der Waals surface area contributed by atoms with E-state index < -0.39 is 11.9 Å². The molecule has 1 atom stereocenters. The van der Waals surface area contributed by atoms with Crippen molar-refractivity contribution in [2.24, 2.45) is 11.8 Å². The molecule has 2 aliphatic rings. The van der Waals surface area contributed by atoms with Crippen molar-refractivity contribution in [1.82, 2.24) is 10.2 Å². The van der Waals surface area contributed by atoms with Gasteiger partial charge in [0.2, 0.25) is 11.8 Å². The Labute approximate surface area is 131 Å². The molecule has 1 saturated heterocycles. The second kappa shape index (κ2) is 8.15. The summed E-state index contributed by atoms with van der Waals surface area (Å²) in [6.45, 7) is 1.27. The lowest BCUT2D eigenvalue weighted by atomic mass is 9.89. The van der Waals surface area contributed by atoms with E-state index in [2.05, 4.69) is 5.32 Å². The molecule has 0 aromatic carbocycles. The number of hydrogen-bond donors (Lipinski definition) is 2. The van der Waals surface area contributed by atoms with E-state index in [4.69, 9.17) is 5.11 Å². The zero-order valence-corrected chi connectivity index (χ0v) is 13.1. The first kappa shape index (κ1) is 16.8. The molecule has 0 bridgehead atoms. The van der Waals surface area contributed by atoms with E-state index >= 15 is 0 Å². The molecule has 1 saturated carbocycles. The monoisotopic (exact) mass is 310 g/mol. The van der Waals surface area contributed by atoms with Crippen molar-refractivity contribution in [3.8, 4) is 0 Å². The summed E-state index contributed by atoms with van der Waals surface area (Å²) < 4.78 is 0. The van der Waals surface area contributed by atoms with Gasteiger partial charge in [0, 0.05) is 32.0 Å². The van der Waals surface area contributed by atoms with E-state index in [0.717, 1.165) is 32.1 Å². The molecule has 1 heterocycles. The summed E-state index contributed by atoms with van der Waals surface area (Å²) in [7, 11) is 0. The lowest BCUT2D eigenvalue weighted by Crippen LogP contribution is -2.43. The first-order valence-electron chi connectivity index (χ1n) is 8.36. The summed E-state index contributed by atoms with van der Waals surface area (Å²) in [5.41, 5.74) is 0. The number of hydrogen-bond acceptors (Lipinski definition) is 3. The van der Waals surface area contributed by atoms with Gasteiger partial charge in [-0.2, -0.15) is 0 Å². The average molecular weight is 310 g/mol. The van der Waals surface area contributed by atoms with Gasteiger partial charge in [0.1, 0.15) is 0 Å². The number of carboxylic acids is 1. The Hall–Kier alpha value is -1.59. The van der Waals surface area contributed by atoms with Crippen LogP contribution in [0.1, 0.15) is 51.4 Å². The molecule has 6 heteroatoms. The molecule has 1 aliphatic heterocycles. The second-order valence-corrected chi connectivity index (χ2v) is 6.39. The molecule has 1 aliphatic carbocycles. The van der Waals surface area contributed by atoms with E-state index in [9.17, 15) is 14.4 Å². The van der Waals surface area contributed by atoms with Crippen LogP contribution in [0.25, 0.3) is 0 Å². The largest absolute Gasteiger partial charge is 0.481 e. The highest BCUT2D eigenvalue weighted by atomic mass is 16.4. The molecule has 6 nitrogen and oxygen atoms in total. The third-order valence-electron chi connectivity index (χ3n) is 4.74. The maximum absolute atomic E-state index is 12.1. The van der Waals surface area contributed by atoms with Crippen LogP contribution in [0.15, 0.2) is 0 Å². The van der Waals surface area contributed by atoms with Gasteiger partial charge in [0.05, 0.1) is 5.92 Å². The van der Waals surface area contributed by atoms with Crippen LogP contribution < -0.4 is 5.32 Å². The van der Waals surface area contributed by atoms with Gasteiger partial charge in [0.15, 0.2) is 0 Å². The van der Waals surface area contributed by atoms with Crippen LogP contribution in [0, 0.1) is 11.8 Å². The molecule has 22 heavy (non-hydrogen) atoms. The highest BCUT2D eigenvalue weighted by molar-refractivity contribution is 5.81. The molecule has 2 N–H and O–H groups in total. The van der Waals surface area contributed by atoms with Gasteiger partial charge in [-0.25, -0.2) is 0 Å². The fourth-order valence-electron chi connectivity index (χ4n) is 3.37. The average Bonchev–Trinajstić information content (AvgIpc) is 2.55. The second-order valence-electron chi connectivity index (χ2n) is 6.39. The quantitative estimate of drug-likeness (QED) is 0.803. The van der Waals surface area contributed by atoms with Crippen LogP contribution in [-0.2, 0) is 14.4 Å².